The van der Waals surface area contributed by atoms with Crippen LogP contribution in [0.15, 0.2) is 24.3 Å². The molecule has 0 aromatic heterocycles. The van der Waals surface area contributed by atoms with Crippen LogP contribution < -0.4 is 0 Å². The molecule has 5 atom stereocenters. The lowest BCUT2D eigenvalue weighted by molar-refractivity contribution is -0.155. The van der Waals surface area contributed by atoms with E-state index >= 15 is 0 Å². The van der Waals surface area contributed by atoms with E-state index in [-0.39, 0.29) is 18.2 Å². The molecular formula is C21H34O4. The van der Waals surface area contributed by atoms with Crippen LogP contribution in [0.25, 0.3) is 0 Å². The number of aliphatic hydroxyl groups excluding tert-OH is 1. The number of cyclic esters (lactones) is 1. The third-order valence-corrected chi connectivity index (χ3v) is 5.26. The number of allylic oxidation sites excluding steroid dienone is 1. The van der Waals surface area contributed by atoms with Crippen LogP contribution in [-0.4, -0.2) is 36.5 Å². The summed E-state index contributed by atoms with van der Waals surface area (Å²) in [6.45, 7) is 2.20. The molecule has 0 bridgehead atoms. The van der Waals surface area contributed by atoms with Gasteiger partial charge in [0.2, 0.25) is 0 Å². The van der Waals surface area contributed by atoms with Gasteiger partial charge in [0.15, 0.2) is 0 Å². The van der Waals surface area contributed by atoms with Crippen molar-refractivity contribution in [2.75, 3.05) is 7.11 Å². The molecule has 1 saturated carbocycles. The minimum absolute atomic E-state index is 0.00573. The lowest BCUT2D eigenvalue weighted by Crippen LogP contribution is -2.27. The molecule has 0 unspecified atom stereocenters. The Balaban J connectivity index is 1.70. The van der Waals surface area contributed by atoms with Crippen molar-refractivity contribution in [3.63, 3.8) is 0 Å². The van der Waals surface area contributed by atoms with E-state index in [1.165, 1.54) is 19.3 Å². The number of carbonyl (C=O) groups excluding carboxylic acids is 1. The molecule has 25 heavy (non-hydrogen) atoms. The fourth-order valence-corrected chi connectivity index (χ4v) is 3.65. The molecule has 0 radical (unpaired) electrons. The molecule has 1 saturated heterocycles. The molecule has 4 nitrogen and oxygen atoms in total. The minimum Gasteiger partial charge on any atom is -0.462 e. The van der Waals surface area contributed by atoms with E-state index in [1.54, 1.807) is 7.11 Å². The predicted molar refractivity (Wildman–Crippen MR) is 99.2 cm³/mol. The summed E-state index contributed by atoms with van der Waals surface area (Å²) in [6.07, 6.45) is 16.6. The van der Waals surface area contributed by atoms with E-state index < -0.39 is 6.10 Å². The lowest BCUT2D eigenvalue weighted by Gasteiger charge is -2.23. The summed E-state index contributed by atoms with van der Waals surface area (Å²) in [5, 5.41) is 10.1. The Labute approximate surface area is 152 Å². The quantitative estimate of drug-likeness (QED) is 0.345. The number of methoxy groups -OCH3 is 1. The van der Waals surface area contributed by atoms with Gasteiger partial charge in [-0.25, -0.2) is 0 Å². The molecule has 1 N–H and O–H groups in total. The molecule has 0 aromatic carbocycles. The van der Waals surface area contributed by atoms with E-state index in [2.05, 4.69) is 19.1 Å². The minimum atomic E-state index is -0.468. The Hall–Kier alpha value is -1.13. The number of ether oxygens (including phenoxy) is 2. The van der Waals surface area contributed by atoms with Crippen molar-refractivity contribution in [3.8, 4) is 0 Å². The third-order valence-electron chi connectivity index (χ3n) is 5.26. The van der Waals surface area contributed by atoms with Gasteiger partial charge in [-0.1, -0.05) is 44.1 Å². The number of esters is 1. The SMILES string of the molecule is CCCCC/C=C\C[C@H](O)/C=C/[C@@H](OC)[C@H]1C[C@@H]1[C@H]1CCCC(=O)O1. The highest BCUT2D eigenvalue weighted by Gasteiger charge is 2.49. The lowest BCUT2D eigenvalue weighted by atomic mass is 10.0. The molecule has 1 aliphatic carbocycles. The van der Waals surface area contributed by atoms with Crippen molar-refractivity contribution in [1.29, 1.82) is 0 Å². The molecule has 142 valence electrons. The van der Waals surface area contributed by atoms with Crippen LogP contribution in [0.3, 0.4) is 0 Å². The zero-order valence-electron chi connectivity index (χ0n) is 15.7. The van der Waals surface area contributed by atoms with Gasteiger partial charge < -0.3 is 14.6 Å². The van der Waals surface area contributed by atoms with E-state index in [0.717, 1.165) is 25.7 Å². The molecule has 1 aliphatic heterocycles. The van der Waals surface area contributed by atoms with Crippen molar-refractivity contribution in [2.45, 2.75) is 83.0 Å². The summed E-state index contributed by atoms with van der Waals surface area (Å²) in [7, 11) is 1.71. The van der Waals surface area contributed by atoms with Gasteiger partial charge in [-0.2, -0.15) is 0 Å². The molecule has 0 amide bonds. The molecular weight excluding hydrogens is 316 g/mol. The van der Waals surface area contributed by atoms with Crippen LogP contribution in [0.5, 0.6) is 0 Å². The number of aliphatic hydroxyl groups is 1. The van der Waals surface area contributed by atoms with E-state index in [4.69, 9.17) is 9.47 Å². The van der Waals surface area contributed by atoms with E-state index in [9.17, 15) is 9.90 Å². The van der Waals surface area contributed by atoms with Gasteiger partial charge in [0, 0.05) is 19.4 Å². The monoisotopic (exact) mass is 350 g/mol. The van der Waals surface area contributed by atoms with Gasteiger partial charge in [-0.3, -0.25) is 4.79 Å². The molecule has 4 heteroatoms. The smallest absolute Gasteiger partial charge is 0.306 e. The maximum Gasteiger partial charge on any atom is 0.306 e. The fourth-order valence-electron chi connectivity index (χ4n) is 3.65. The van der Waals surface area contributed by atoms with Gasteiger partial charge >= 0.3 is 5.97 Å². The van der Waals surface area contributed by atoms with Crippen LogP contribution in [0.2, 0.25) is 0 Å². The largest absolute Gasteiger partial charge is 0.462 e. The Bertz CT molecular complexity index is 457. The van der Waals surface area contributed by atoms with Gasteiger partial charge in [0.25, 0.3) is 0 Å². The average molecular weight is 350 g/mol. The molecule has 2 aliphatic rings. The van der Waals surface area contributed by atoms with Gasteiger partial charge in [0.1, 0.15) is 6.10 Å². The number of hydrogen-bond donors (Lipinski definition) is 1. The summed E-state index contributed by atoms with van der Waals surface area (Å²) < 4.78 is 11.1. The predicted octanol–water partition coefficient (Wildman–Crippen LogP) is 4.18. The highest BCUT2D eigenvalue weighted by atomic mass is 16.5. The average Bonchev–Trinajstić information content (AvgIpc) is 3.39. The van der Waals surface area contributed by atoms with E-state index in [0.29, 0.717) is 24.7 Å². The van der Waals surface area contributed by atoms with Crippen LogP contribution >= 0.6 is 0 Å². The summed E-state index contributed by atoms with van der Waals surface area (Å²) >= 11 is 0. The van der Waals surface area contributed by atoms with Crippen LogP contribution in [0.1, 0.15) is 64.7 Å². The second-order valence-corrected chi connectivity index (χ2v) is 7.34. The maximum absolute atomic E-state index is 11.4. The van der Waals surface area contributed by atoms with Crippen LogP contribution in [0.4, 0.5) is 0 Å². The highest BCUT2D eigenvalue weighted by molar-refractivity contribution is 5.70. The zero-order chi connectivity index (χ0) is 18.1. The standard InChI is InChI=1S/C21H34O4/c1-3-4-5-6-7-8-10-16(22)13-14-19(24-2)17-15-18(17)20-11-9-12-21(23)25-20/h7-8,13-14,16-20,22H,3-6,9-12,15H2,1-2H3/b8-7-,14-13+/t16-,17-,18-,19+,20+/m0/s1. The van der Waals surface area contributed by atoms with Crippen molar-refractivity contribution in [1.82, 2.24) is 0 Å². The van der Waals surface area contributed by atoms with Crippen molar-refractivity contribution < 1.29 is 19.4 Å². The number of rotatable bonds is 11. The normalized spacial score (nSPS) is 29.1. The molecule has 2 fully saturated rings. The second kappa shape index (κ2) is 10.8. The second-order valence-electron chi connectivity index (χ2n) is 7.34. The first kappa shape index (κ1) is 20.2. The van der Waals surface area contributed by atoms with Gasteiger partial charge in [0.05, 0.1) is 12.2 Å². The summed E-state index contributed by atoms with van der Waals surface area (Å²) in [5.74, 6) is 0.746. The van der Waals surface area contributed by atoms with Crippen LogP contribution in [0, 0.1) is 11.8 Å². The summed E-state index contributed by atoms with van der Waals surface area (Å²) in [5.41, 5.74) is 0. The Morgan fingerprint density at radius 1 is 1.32 bits per heavy atom. The van der Waals surface area contributed by atoms with Crippen molar-refractivity contribution >= 4 is 5.97 Å². The Morgan fingerprint density at radius 2 is 2.16 bits per heavy atom. The van der Waals surface area contributed by atoms with E-state index in [1.807, 2.05) is 12.2 Å². The maximum atomic E-state index is 11.4. The summed E-state index contributed by atoms with van der Waals surface area (Å²) in [4.78, 5) is 11.4. The van der Waals surface area contributed by atoms with Gasteiger partial charge in [-0.15, -0.1) is 0 Å². The Morgan fingerprint density at radius 3 is 2.88 bits per heavy atom. The third kappa shape index (κ3) is 6.95. The van der Waals surface area contributed by atoms with Crippen molar-refractivity contribution in [3.05, 3.63) is 24.3 Å². The molecule has 0 spiro atoms. The first-order chi connectivity index (χ1) is 12.2. The van der Waals surface area contributed by atoms with Crippen molar-refractivity contribution in [2.24, 2.45) is 11.8 Å². The fraction of sp³-hybridized carbons (Fsp3) is 0.762. The first-order valence-corrected chi connectivity index (χ1v) is 9.89. The Kier molecular flexibility index (Phi) is 8.70. The number of carbonyl (C=O) groups is 1. The zero-order valence-corrected chi connectivity index (χ0v) is 15.7. The van der Waals surface area contributed by atoms with Gasteiger partial charge in [-0.05, 0) is 44.4 Å². The van der Waals surface area contributed by atoms with Crippen LogP contribution in [-0.2, 0) is 14.3 Å². The first-order valence-electron chi connectivity index (χ1n) is 9.89. The molecule has 2 rings (SSSR count). The molecule has 0 aromatic rings. The number of hydrogen-bond acceptors (Lipinski definition) is 4. The highest BCUT2D eigenvalue weighted by Crippen LogP contribution is 2.48. The summed E-state index contributed by atoms with van der Waals surface area (Å²) in [6, 6.07) is 0. The topological polar surface area (TPSA) is 55.8 Å². The number of unbranched alkanes of at least 4 members (excludes halogenated alkanes) is 3. The molecule has 1 heterocycles.